The van der Waals surface area contributed by atoms with E-state index in [9.17, 15) is 14.4 Å². The van der Waals surface area contributed by atoms with Gasteiger partial charge in [-0.05, 0) is 30.9 Å². The Hall–Kier alpha value is -2.37. The van der Waals surface area contributed by atoms with E-state index in [2.05, 4.69) is 5.32 Å². The zero-order valence-corrected chi connectivity index (χ0v) is 15.6. The van der Waals surface area contributed by atoms with Gasteiger partial charge in [-0.25, -0.2) is 4.79 Å². The average Bonchev–Trinajstić information content (AvgIpc) is 2.93. The van der Waals surface area contributed by atoms with Crippen molar-refractivity contribution in [3.63, 3.8) is 0 Å². The number of benzene rings is 1. The van der Waals surface area contributed by atoms with Crippen LogP contribution in [0.5, 0.6) is 0 Å². The summed E-state index contributed by atoms with van der Waals surface area (Å²) in [5, 5.41) is 2.71. The van der Waals surface area contributed by atoms with Gasteiger partial charge in [-0.2, -0.15) is 0 Å². The van der Waals surface area contributed by atoms with Crippen LogP contribution in [-0.4, -0.2) is 48.4 Å². The van der Waals surface area contributed by atoms with E-state index in [4.69, 9.17) is 4.74 Å². The Morgan fingerprint density at radius 2 is 1.65 bits per heavy atom. The molecular formula is C20H28N2O4. The maximum Gasteiger partial charge on any atom is 0.329 e. The van der Waals surface area contributed by atoms with Crippen molar-refractivity contribution in [2.24, 2.45) is 5.92 Å². The highest BCUT2D eigenvalue weighted by molar-refractivity contribution is 5.97. The van der Waals surface area contributed by atoms with Crippen LogP contribution in [0.25, 0.3) is 0 Å². The lowest BCUT2D eigenvalue weighted by Gasteiger charge is -2.23. The molecule has 0 spiro atoms. The van der Waals surface area contributed by atoms with Crippen LogP contribution in [0, 0.1) is 5.92 Å². The summed E-state index contributed by atoms with van der Waals surface area (Å²) in [6, 6.07) is 7.91. The largest absolute Gasteiger partial charge is 0.454 e. The third kappa shape index (κ3) is 5.86. The van der Waals surface area contributed by atoms with E-state index in [1.165, 1.54) is 0 Å². The summed E-state index contributed by atoms with van der Waals surface area (Å²) in [4.78, 5) is 38.7. The van der Waals surface area contributed by atoms with Crippen molar-refractivity contribution in [3.8, 4) is 0 Å². The molecule has 1 aliphatic heterocycles. The first-order valence-electron chi connectivity index (χ1n) is 9.29. The minimum atomic E-state index is -0.792. The zero-order chi connectivity index (χ0) is 18.9. The Labute approximate surface area is 154 Å². The number of rotatable bonds is 6. The van der Waals surface area contributed by atoms with Crippen molar-refractivity contribution < 1.29 is 19.1 Å². The number of esters is 1. The van der Waals surface area contributed by atoms with Crippen molar-refractivity contribution in [3.05, 3.63) is 35.9 Å². The van der Waals surface area contributed by atoms with Crippen LogP contribution in [0.4, 0.5) is 0 Å². The minimum Gasteiger partial charge on any atom is -0.454 e. The summed E-state index contributed by atoms with van der Waals surface area (Å²) in [5.41, 5.74) is 0.478. The van der Waals surface area contributed by atoms with Crippen LogP contribution < -0.4 is 5.32 Å². The van der Waals surface area contributed by atoms with Crippen LogP contribution in [0.15, 0.2) is 30.3 Å². The highest BCUT2D eigenvalue weighted by atomic mass is 16.5. The maximum atomic E-state index is 12.4. The van der Waals surface area contributed by atoms with Crippen LogP contribution >= 0.6 is 0 Å². The van der Waals surface area contributed by atoms with E-state index < -0.39 is 12.0 Å². The molecule has 1 fully saturated rings. The number of amides is 2. The molecule has 26 heavy (non-hydrogen) atoms. The third-order valence-electron chi connectivity index (χ3n) is 4.54. The summed E-state index contributed by atoms with van der Waals surface area (Å²) < 4.78 is 5.21. The number of hydrogen-bond acceptors (Lipinski definition) is 4. The fourth-order valence-electron chi connectivity index (χ4n) is 2.95. The van der Waals surface area contributed by atoms with Crippen molar-refractivity contribution in [1.82, 2.24) is 10.2 Å². The van der Waals surface area contributed by atoms with Crippen molar-refractivity contribution >= 4 is 17.8 Å². The molecule has 1 N–H and O–H groups in total. The van der Waals surface area contributed by atoms with E-state index >= 15 is 0 Å². The molecule has 2 amide bonds. The molecule has 1 aromatic carbocycles. The van der Waals surface area contributed by atoms with Crippen LogP contribution in [0.3, 0.4) is 0 Å². The highest BCUT2D eigenvalue weighted by Crippen LogP contribution is 2.11. The van der Waals surface area contributed by atoms with Gasteiger partial charge in [0.05, 0.1) is 0 Å². The number of carbonyl (C=O) groups is 3. The van der Waals surface area contributed by atoms with Crippen molar-refractivity contribution in [2.75, 3.05) is 19.7 Å². The van der Waals surface area contributed by atoms with Gasteiger partial charge in [-0.15, -0.1) is 0 Å². The molecule has 0 unspecified atom stereocenters. The standard InChI is InChI=1S/C20H28N2O4/c1-15(2)18(21-19(24)16-10-6-5-7-11-16)20(25)26-14-17(23)22-12-8-3-4-9-13-22/h5-7,10-11,15,18H,3-4,8-9,12-14H2,1-2H3,(H,21,24)/t18-/m1/s1. The second-order valence-electron chi connectivity index (χ2n) is 6.96. The summed E-state index contributed by atoms with van der Waals surface area (Å²) in [7, 11) is 0. The predicted molar refractivity (Wildman–Crippen MR) is 98.5 cm³/mol. The molecular weight excluding hydrogens is 332 g/mol. The van der Waals surface area contributed by atoms with E-state index in [1.807, 2.05) is 19.9 Å². The second kappa shape index (κ2) is 9.94. The van der Waals surface area contributed by atoms with Gasteiger partial charge in [-0.3, -0.25) is 9.59 Å². The molecule has 0 aliphatic carbocycles. The third-order valence-corrected chi connectivity index (χ3v) is 4.54. The van der Waals surface area contributed by atoms with Gasteiger partial charge in [0.15, 0.2) is 6.61 Å². The quantitative estimate of drug-likeness (QED) is 0.791. The molecule has 0 bridgehead atoms. The first kappa shape index (κ1) is 19.9. The SMILES string of the molecule is CC(C)[C@@H](NC(=O)c1ccccc1)C(=O)OCC(=O)N1CCCCCC1. The molecule has 6 nitrogen and oxygen atoms in total. The lowest BCUT2D eigenvalue weighted by atomic mass is 10.0. The Morgan fingerprint density at radius 1 is 1.04 bits per heavy atom. The number of carbonyl (C=O) groups excluding carboxylic acids is 3. The van der Waals surface area contributed by atoms with E-state index in [0.29, 0.717) is 5.56 Å². The van der Waals surface area contributed by atoms with Gasteiger partial charge in [0.1, 0.15) is 6.04 Å². The first-order chi connectivity index (χ1) is 12.5. The van der Waals surface area contributed by atoms with Crippen molar-refractivity contribution in [2.45, 2.75) is 45.6 Å². The normalized spacial score (nSPS) is 15.9. The number of likely N-dealkylation sites (tertiary alicyclic amines) is 1. The molecule has 1 aliphatic rings. The van der Waals surface area contributed by atoms with Gasteiger partial charge < -0.3 is 15.0 Å². The lowest BCUT2D eigenvalue weighted by Crippen LogP contribution is -2.46. The summed E-state index contributed by atoms with van der Waals surface area (Å²) in [6.45, 7) is 4.81. The predicted octanol–water partition coefficient (Wildman–Crippen LogP) is 2.39. The maximum absolute atomic E-state index is 12.4. The summed E-state index contributed by atoms with van der Waals surface area (Å²) in [5.74, 6) is -1.23. The number of hydrogen-bond donors (Lipinski definition) is 1. The van der Waals surface area contributed by atoms with Crippen LogP contribution in [0.1, 0.15) is 49.9 Å². The Kier molecular flexibility index (Phi) is 7.63. The molecule has 0 radical (unpaired) electrons. The van der Waals surface area contributed by atoms with E-state index in [0.717, 1.165) is 38.8 Å². The van der Waals surface area contributed by atoms with Gasteiger partial charge in [0.25, 0.3) is 11.8 Å². The second-order valence-corrected chi connectivity index (χ2v) is 6.96. The molecule has 2 rings (SSSR count). The highest BCUT2D eigenvalue weighted by Gasteiger charge is 2.27. The Balaban J connectivity index is 1.89. The fourth-order valence-corrected chi connectivity index (χ4v) is 2.95. The topological polar surface area (TPSA) is 75.7 Å². The first-order valence-corrected chi connectivity index (χ1v) is 9.29. The number of nitrogens with one attached hydrogen (secondary N) is 1. The Bertz CT molecular complexity index is 607. The number of ether oxygens (including phenoxy) is 1. The van der Waals surface area contributed by atoms with Crippen molar-refractivity contribution in [1.29, 1.82) is 0 Å². The molecule has 0 saturated carbocycles. The smallest absolute Gasteiger partial charge is 0.329 e. The molecule has 1 atom stereocenters. The lowest BCUT2D eigenvalue weighted by molar-refractivity contribution is -0.154. The molecule has 6 heteroatoms. The molecule has 0 aromatic heterocycles. The summed E-state index contributed by atoms with van der Waals surface area (Å²) in [6.07, 6.45) is 4.23. The van der Waals surface area contributed by atoms with E-state index in [-0.39, 0.29) is 24.3 Å². The van der Waals surface area contributed by atoms with Crippen LogP contribution in [-0.2, 0) is 14.3 Å². The average molecular weight is 360 g/mol. The molecule has 1 saturated heterocycles. The fraction of sp³-hybridized carbons (Fsp3) is 0.550. The van der Waals surface area contributed by atoms with Gasteiger partial charge in [0.2, 0.25) is 0 Å². The Morgan fingerprint density at radius 3 is 2.23 bits per heavy atom. The minimum absolute atomic E-state index is 0.150. The van der Waals surface area contributed by atoms with Gasteiger partial charge in [0, 0.05) is 18.7 Å². The van der Waals surface area contributed by atoms with E-state index in [1.54, 1.807) is 29.2 Å². The molecule has 1 aromatic rings. The molecule has 142 valence electrons. The van der Waals surface area contributed by atoms with Crippen LogP contribution in [0.2, 0.25) is 0 Å². The summed E-state index contributed by atoms with van der Waals surface area (Å²) >= 11 is 0. The van der Waals surface area contributed by atoms with Gasteiger partial charge >= 0.3 is 5.97 Å². The van der Waals surface area contributed by atoms with Gasteiger partial charge in [-0.1, -0.05) is 44.9 Å². The number of nitrogens with zero attached hydrogens (tertiary/aromatic N) is 1. The molecule has 1 heterocycles. The zero-order valence-electron chi connectivity index (χ0n) is 15.6. The monoisotopic (exact) mass is 360 g/mol.